The van der Waals surface area contributed by atoms with Crippen LogP contribution < -0.4 is 10.6 Å². The molecule has 2 N–H and O–H groups in total. The number of hydrogen-bond donors (Lipinski definition) is 2. The summed E-state index contributed by atoms with van der Waals surface area (Å²) in [4.78, 5) is 35.3. The van der Waals surface area contributed by atoms with Crippen LogP contribution in [0.5, 0.6) is 0 Å². The Hall–Kier alpha value is -3.65. The van der Waals surface area contributed by atoms with Crippen LogP contribution in [0.3, 0.4) is 0 Å². The minimum atomic E-state index is -5.77. The van der Waals surface area contributed by atoms with Crippen molar-refractivity contribution >= 4 is 23.2 Å². The lowest BCUT2D eigenvalue weighted by Crippen LogP contribution is -2.40. The van der Waals surface area contributed by atoms with Gasteiger partial charge in [0, 0.05) is 30.7 Å². The van der Waals surface area contributed by atoms with Crippen molar-refractivity contribution in [2.45, 2.75) is 44.8 Å². The molecule has 0 aliphatic rings. The van der Waals surface area contributed by atoms with Crippen molar-refractivity contribution < 1.29 is 53.9 Å². The maximum atomic E-state index is 12.6. The Labute approximate surface area is 210 Å². The van der Waals surface area contributed by atoms with E-state index in [2.05, 4.69) is 15.6 Å². The third-order valence-corrected chi connectivity index (χ3v) is 4.70. The summed E-state index contributed by atoms with van der Waals surface area (Å²) >= 11 is 0. The van der Waals surface area contributed by atoms with Gasteiger partial charge < -0.3 is 10.6 Å². The van der Waals surface area contributed by atoms with Gasteiger partial charge >= 0.3 is 30.1 Å². The predicted molar refractivity (Wildman–Crippen MR) is 117 cm³/mol. The molecule has 0 aliphatic carbocycles. The molecule has 0 spiro atoms. The first-order valence-electron chi connectivity index (χ1n) is 10.6. The number of hydrogen-bond acceptors (Lipinski definition) is 5. The molecule has 0 aliphatic heterocycles. The van der Waals surface area contributed by atoms with Gasteiger partial charge in [-0.2, -0.15) is 39.5 Å². The number of amides is 1. The van der Waals surface area contributed by atoms with Crippen LogP contribution in [0, 0.1) is 5.92 Å². The smallest absolute Gasteiger partial charge is 0.380 e. The van der Waals surface area contributed by atoms with Gasteiger partial charge in [0.1, 0.15) is 0 Å². The van der Waals surface area contributed by atoms with Crippen molar-refractivity contribution in [1.82, 2.24) is 10.3 Å². The van der Waals surface area contributed by atoms with E-state index >= 15 is 0 Å². The predicted octanol–water partition coefficient (Wildman–Crippen LogP) is 5.15. The largest absolute Gasteiger partial charge is 0.458 e. The molecule has 0 saturated heterocycles. The Kier molecular flexibility index (Phi) is 11.3. The Morgan fingerprint density at radius 2 is 1.37 bits per heavy atom. The van der Waals surface area contributed by atoms with E-state index in [-0.39, 0.29) is 24.3 Å². The summed E-state index contributed by atoms with van der Waals surface area (Å²) in [6.45, 7) is 4.34. The van der Waals surface area contributed by atoms with Gasteiger partial charge in [-0.25, -0.2) is 0 Å². The second kappa shape index (κ2) is 13.2. The van der Waals surface area contributed by atoms with Crippen molar-refractivity contribution in [2.75, 3.05) is 11.9 Å². The van der Waals surface area contributed by atoms with Crippen LogP contribution in [0.1, 0.15) is 25.0 Å². The summed E-state index contributed by atoms with van der Waals surface area (Å²) in [5, 5.41) is 6.04. The highest BCUT2D eigenvalue weighted by Gasteiger charge is 2.54. The molecule has 1 aromatic carbocycles. The van der Waals surface area contributed by atoms with Gasteiger partial charge in [-0.15, -0.1) is 0 Å². The first-order chi connectivity index (χ1) is 17.3. The standard InChI is InChI=1S/C19H22F3N3O.C4F6O2/c1-13(2)17(12-24-18(26)10-14-4-3-9-23-11-14)25-16-7-5-15(6-8-16)19(20,21)22;5-3(6,7)1(11)2(12)4(8,9)10/h3-9,11,13,17,25H,10,12H2,1-2H3,(H,24,26);/t17-;/m0./s1. The summed E-state index contributed by atoms with van der Waals surface area (Å²) in [6, 6.07) is 8.37. The SMILES string of the molecule is CC(C)[C@H](CNC(=O)Cc1cccnc1)Nc1ccc(C(F)(F)F)cc1.O=C(C(=O)C(F)(F)F)C(F)(F)F. The van der Waals surface area contributed by atoms with E-state index in [1.165, 1.54) is 12.1 Å². The fraction of sp³-hybridized carbons (Fsp3) is 0.391. The molecule has 2 aromatic rings. The topological polar surface area (TPSA) is 88.2 Å². The van der Waals surface area contributed by atoms with Gasteiger partial charge in [0.05, 0.1) is 12.0 Å². The van der Waals surface area contributed by atoms with E-state index in [0.29, 0.717) is 12.2 Å². The van der Waals surface area contributed by atoms with Gasteiger partial charge in [-0.3, -0.25) is 19.4 Å². The van der Waals surface area contributed by atoms with Gasteiger partial charge in [0.2, 0.25) is 5.91 Å². The van der Waals surface area contributed by atoms with Crippen LogP contribution >= 0.6 is 0 Å². The van der Waals surface area contributed by atoms with Crippen molar-refractivity contribution in [3.63, 3.8) is 0 Å². The third-order valence-electron chi connectivity index (χ3n) is 4.70. The molecule has 1 aromatic heterocycles. The first-order valence-corrected chi connectivity index (χ1v) is 10.6. The molecule has 0 radical (unpaired) electrons. The lowest BCUT2D eigenvalue weighted by molar-refractivity contribution is -0.193. The number of carbonyl (C=O) groups excluding carboxylic acids is 3. The minimum Gasteiger partial charge on any atom is -0.380 e. The molecule has 38 heavy (non-hydrogen) atoms. The number of carbonyl (C=O) groups is 3. The molecular formula is C23H22F9N3O3. The zero-order valence-corrected chi connectivity index (χ0v) is 19.8. The monoisotopic (exact) mass is 559 g/mol. The fourth-order valence-corrected chi connectivity index (χ4v) is 2.65. The molecule has 6 nitrogen and oxygen atoms in total. The third kappa shape index (κ3) is 11.2. The number of nitrogens with zero attached hydrogens (tertiary/aromatic N) is 1. The van der Waals surface area contributed by atoms with Crippen LogP contribution in [-0.4, -0.2) is 47.4 Å². The molecule has 15 heteroatoms. The molecule has 0 unspecified atom stereocenters. The first kappa shape index (κ1) is 32.4. The highest BCUT2D eigenvalue weighted by Crippen LogP contribution is 2.30. The van der Waals surface area contributed by atoms with E-state index in [1.54, 1.807) is 18.5 Å². The highest BCUT2D eigenvalue weighted by molar-refractivity contribution is 6.41. The Bertz CT molecular complexity index is 1040. The normalized spacial score (nSPS) is 12.7. The van der Waals surface area contributed by atoms with Gasteiger partial charge in [0.15, 0.2) is 0 Å². The van der Waals surface area contributed by atoms with Crippen LogP contribution in [0.25, 0.3) is 0 Å². The van der Waals surface area contributed by atoms with E-state index in [1.807, 2.05) is 19.9 Å². The van der Waals surface area contributed by atoms with Crippen molar-refractivity contribution in [1.29, 1.82) is 0 Å². The van der Waals surface area contributed by atoms with Crippen molar-refractivity contribution in [3.05, 3.63) is 59.9 Å². The van der Waals surface area contributed by atoms with Crippen LogP contribution in [-0.2, 0) is 27.0 Å². The van der Waals surface area contributed by atoms with Crippen LogP contribution in [0.15, 0.2) is 48.8 Å². The number of pyridine rings is 1. The number of aromatic nitrogens is 1. The van der Waals surface area contributed by atoms with Crippen LogP contribution in [0.2, 0.25) is 0 Å². The molecule has 0 saturated carbocycles. The number of halogens is 9. The molecule has 1 atom stereocenters. The lowest BCUT2D eigenvalue weighted by Gasteiger charge is -2.24. The number of Topliss-reactive ketones (excluding diaryl/α,β-unsaturated/α-hetero) is 2. The summed E-state index contributed by atoms with van der Waals surface area (Å²) in [7, 11) is 0. The lowest BCUT2D eigenvalue weighted by atomic mass is 10.0. The zero-order valence-electron chi connectivity index (χ0n) is 19.8. The number of ketones is 2. The number of nitrogens with one attached hydrogen (secondary N) is 2. The molecular weight excluding hydrogens is 537 g/mol. The van der Waals surface area contributed by atoms with E-state index in [4.69, 9.17) is 0 Å². The summed E-state index contributed by atoms with van der Waals surface area (Å²) in [5.41, 5.74) is 0.717. The van der Waals surface area contributed by atoms with Gasteiger partial charge in [-0.1, -0.05) is 19.9 Å². The highest BCUT2D eigenvalue weighted by atomic mass is 19.4. The molecule has 0 fully saturated rings. The quantitative estimate of drug-likeness (QED) is 0.345. The molecule has 210 valence electrons. The summed E-state index contributed by atoms with van der Waals surface area (Å²) in [5.74, 6) is -6.76. The van der Waals surface area contributed by atoms with Crippen molar-refractivity contribution in [3.8, 4) is 0 Å². The summed E-state index contributed by atoms with van der Waals surface area (Å²) in [6.07, 6.45) is -12.4. The molecule has 1 heterocycles. The second-order valence-electron chi connectivity index (χ2n) is 8.07. The molecule has 2 rings (SSSR count). The Morgan fingerprint density at radius 3 is 1.76 bits per heavy atom. The number of alkyl halides is 9. The molecule has 0 bridgehead atoms. The summed E-state index contributed by atoms with van der Waals surface area (Å²) < 4.78 is 105. The molecule has 1 amide bonds. The van der Waals surface area contributed by atoms with E-state index < -0.39 is 35.7 Å². The van der Waals surface area contributed by atoms with Gasteiger partial charge in [-0.05, 0) is 41.8 Å². The average molecular weight is 559 g/mol. The number of benzene rings is 1. The maximum Gasteiger partial charge on any atom is 0.458 e. The Morgan fingerprint density at radius 1 is 0.842 bits per heavy atom. The number of anilines is 1. The number of rotatable bonds is 8. The minimum absolute atomic E-state index is 0.107. The fourth-order valence-electron chi connectivity index (χ4n) is 2.65. The van der Waals surface area contributed by atoms with Crippen molar-refractivity contribution in [2.24, 2.45) is 5.92 Å². The second-order valence-corrected chi connectivity index (χ2v) is 8.07. The zero-order chi connectivity index (χ0) is 29.3. The van der Waals surface area contributed by atoms with Crippen LogP contribution in [0.4, 0.5) is 45.2 Å². The Balaban J connectivity index is 0.000000508. The maximum absolute atomic E-state index is 12.6. The van der Waals surface area contributed by atoms with E-state index in [9.17, 15) is 53.9 Å². The van der Waals surface area contributed by atoms with Gasteiger partial charge in [0.25, 0.3) is 0 Å². The average Bonchev–Trinajstić information content (AvgIpc) is 2.80. The van der Waals surface area contributed by atoms with E-state index in [0.717, 1.165) is 17.7 Å².